The van der Waals surface area contributed by atoms with Crippen molar-refractivity contribution in [1.29, 1.82) is 0 Å². The highest BCUT2D eigenvalue weighted by Gasteiger charge is 2.14. The molecule has 0 spiro atoms. The van der Waals surface area contributed by atoms with Crippen molar-refractivity contribution in [3.63, 3.8) is 0 Å². The third-order valence-corrected chi connectivity index (χ3v) is 3.08. The van der Waals surface area contributed by atoms with Gasteiger partial charge in [-0.1, -0.05) is 13.8 Å². The first kappa shape index (κ1) is 12.8. The average Bonchev–Trinajstić information content (AvgIpc) is 2.92. The van der Waals surface area contributed by atoms with Gasteiger partial charge in [0.1, 0.15) is 17.3 Å². The van der Waals surface area contributed by atoms with Gasteiger partial charge in [0.2, 0.25) is 0 Å². The molecule has 0 bridgehead atoms. The van der Waals surface area contributed by atoms with Crippen LogP contribution in [0, 0.1) is 13.8 Å². The summed E-state index contributed by atoms with van der Waals surface area (Å²) in [6.45, 7) is 11.0. The summed E-state index contributed by atoms with van der Waals surface area (Å²) in [4.78, 5) is 6.65. The van der Waals surface area contributed by atoms with Crippen LogP contribution >= 0.6 is 0 Å². The van der Waals surface area contributed by atoms with E-state index in [1.807, 2.05) is 19.9 Å². The van der Waals surface area contributed by atoms with E-state index in [-0.39, 0.29) is 0 Å². The highest BCUT2D eigenvalue weighted by Crippen LogP contribution is 2.24. The molecule has 0 unspecified atom stereocenters. The highest BCUT2D eigenvalue weighted by atomic mass is 16.3. The molecule has 0 radical (unpaired) electrons. The van der Waals surface area contributed by atoms with E-state index >= 15 is 0 Å². The number of aromatic amines is 1. The highest BCUT2D eigenvalue weighted by molar-refractivity contribution is 5.57. The quantitative estimate of drug-likeness (QED) is 0.883. The molecular weight excluding hydrogens is 228 g/mol. The normalized spacial score (nSPS) is 11.4. The maximum atomic E-state index is 5.78. The lowest BCUT2D eigenvalue weighted by atomic mass is 10.2. The largest absolute Gasteiger partial charge is 0.464 e. The van der Waals surface area contributed by atoms with Gasteiger partial charge in [0.05, 0.1) is 12.1 Å². The molecule has 2 aromatic rings. The summed E-state index contributed by atoms with van der Waals surface area (Å²) in [6.07, 6.45) is 0. The van der Waals surface area contributed by atoms with Crippen LogP contribution in [0.4, 0.5) is 0 Å². The maximum absolute atomic E-state index is 5.78. The Morgan fingerprint density at radius 1 is 1.28 bits per heavy atom. The predicted octanol–water partition coefficient (Wildman–Crippen LogP) is 2.52. The zero-order valence-corrected chi connectivity index (χ0v) is 11.4. The average molecular weight is 248 g/mol. The number of aryl methyl sites for hydroxylation is 2. The van der Waals surface area contributed by atoms with Crippen molar-refractivity contribution in [2.45, 2.75) is 34.2 Å². The molecule has 0 aliphatic rings. The molecule has 0 saturated heterocycles. The second kappa shape index (κ2) is 5.35. The van der Waals surface area contributed by atoms with Crippen LogP contribution in [0.3, 0.4) is 0 Å². The maximum Gasteiger partial charge on any atom is 0.184 e. The van der Waals surface area contributed by atoms with Crippen molar-refractivity contribution >= 4 is 0 Å². The summed E-state index contributed by atoms with van der Waals surface area (Å²) in [7, 11) is 0. The van der Waals surface area contributed by atoms with E-state index in [0.29, 0.717) is 5.82 Å². The molecule has 1 N–H and O–H groups in total. The molecule has 0 fully saturated rings. The van der Waals surface area contributed by atoms with Crippen LogP contribution in [0.5, 0.6) is 0 Å². The van der Waals surface area contributed by atoms with E-state index < -0.39 is 0 Å². The second-order valence-corrected chi connectivity index (χ2v) is 4.39. The number of aromatic nitrogens is 3. The Morgan fingerprint density at radius 3 is 2.56 bits per heavy atom. The Bertz CT molecular complexity index is 511. The molecule has 5 heteroatoms. The minimum absolute atomic E-state index is 0.708. The van der Waals surface area contributed by atoms with Crippen molar-refractivity contribution in [3.8, 4) is 11.4 Å². The molecule has 18 heavy (non-hydrogen) atoms. The zero-order valence-electron chi connectivity index (χ0n) is 11.4. The third-order valence-electron chi connectivity index (χ3n) is 3.08. The van der Waals surface area contributed by atoms with Gasteiger partial charge in [-0.15, -0.1) is 0 Å². The number of nitrogens with zero attached hydrogens (tertiary/aromatic N) is 3. The smallest absolute Gasteiger partial charge is 0.184 e. The minimum atomic E-state index is 0.708. The molecule has 2 aromatic heterocycles. The van der Waals surface area contributed by atoms with E-state index in [9.17, 15) is 0 Å². The van der Waals surface area contributed by atoms with E-state index in [1.54, 1.807) is 0 Å². The monoisotopic (exact) mass is 248 g/mol. The van der Waals surface area contributed by atoms with Gasteiger partial charge in [0, 0.05) is 0 Å². The van der Waals surface area contributed by atoms with Crippen LogP contribution in [0.1, 0.15) is 31.2 Å². The molecule has 0 saturated carbocycles. The van der Waals surface area contributed by atoms with Crippen molar-refractivity contribution in [2.75, 3.05) is 13.1 Å². The number of hydrogen-bond acceptors (Lipinski definition) is 4. The van der Waals surface area contributed by atoms with Crippen molar-refractivity contribution in [1.82, 2.24) is 20.1 Å². The number of nitrogens with one attached hydrogen (secondary N) is 1. The van der Waals surface area contributed by atoms with Crippen LogP contribution in [0.2, 0.25) is 0 Å². The third kappa shape index (κ3) is 2.61. The van der Waals surface area contributed by atoms with Crippen LogP contribution in [-0.4, -0.2) is 33.2 Å². The molecule has 98 valence electrons. The fraction of sp³-hybridized carbons (Fsp3) is 0.538. The minimum Gasteiger partial charge on any atom is -0.464 e. The lowest BCUT2D eigenvalue weighted by Crippen LogP contribution is -2.21. The van der Waals surface area contributed by atoms with Crippen molar-refractivity contribution < 1.29 is 4.42 Å². The molecule has 0 atom stereocenters. The number of H-pyrrole nitrogens is 1. The Labute approximate surface area is 107 Å². The van der Waals surface area contributed by atoms with Gasteiger partial charge in [0.25, 0.3) is 0 Å². The Balaban J connectivity index is 2.21. The fourth-order valence-corrected chi connectivity index (χ4v) is 1.97. The van der Waals surface area contributed by atoms with Crippen LogP contribution in [0.25, 0.3) is 11.4 Å². The van der Waals surface area contributed by atoms with E-state index in [0.717, 1.165) is 42.5 Å². The van der Waals surface area contributed by atoms with Gasteiger partial charge >= 0.3 is 0 Å². The molecule has 0 aliphatic heterocycles. The van der Waals surface area contributed by atoms with Crippen LogP contribution in [-0.2, 0) is 6.54 Å². The Kier molecular flexibility index (Phi) is 3.81. The molecule has 0 aliphatic carbocycles. The molecule has 5 nitrogen and oxygen atoms in total. The summed E-state index contributed by atoms with van der Waals surface area (Å²) in [5.41, 5.74) is 0.974. The van der Waals surface area contributed by atoms with Crippen molar-refractivity contribution in [3.05, 3.63) is 23.4 Å². The van der Waals surface area contributed by atoms with Gasteiger partial charge in [0.15, 0.2) is 5.82 Å². The lowest BCUT2D eigenvalue weighted by Gasteiger charge is -2.15. The lowest BCUT2D eigenvalue weighted by molar-refractivity contribution is 0.267. The van der Waals surface area contributed by atoms with E-state index in [1.165, 1.54) is 0 Å². The molecule has 0 aromatic carbocycles. The molecule has 0 amide bonds. The summed E-state index contributed by atoms with van der Waals surface area (Å²) >= 11 is 0. The summed E-state index contributed by atoms with van der Waals surface area (Å²) in [5.74, 6) is 3.36. The number of hydrogen-bond donors (Lipinski definition) is 1. The SMILES string of the molecule is CCN(CC)Cc1cc(-c2n[nH]c(C)n2)c(C)o1. The Morgan fingerprint density at radius 2 is 2.00 bits per heavy atom. The summed E-state index contributed by atoms with van der Waals surface area (Å²) < 4.78 is 5.78. The van der Waals surface area contributed by atoms with Gasteiger partial charge in [-0.2, -0.15) is 5.10 Å². The summed E-state index contributed by atoms with van der Waals surface area (Å²) in [6, 6.07) is 2.04. The van der Waals surface area contributed by atoms with Crippen molar-refractivity contribution in [2.24, 2.45) is 0 Å². The van der Waals surface area contributed by atoms with Gasteiger partial charge < -0.3 is 4.42 Å². The molecule has 2 rings (SSSR count). The molecular formula is C13H20N4O. The number of rotatable bonds is 5. The van der Waals surface area contributed by atoms with Gasteiger partial charge in [-0.05, 0) is 33.0 Å². The first-order valence-corrected chi connectivity index (χ1v) is 6.35. The molecule has 2 heterocycles. The zero-order chi connectivity index (χ0) is 13.1. The first-order valence-electron chi connectivity index (χ1n) is 6.35. The van der Waals surface area contributed by atoms with E-state index in [2.05, 4.69) is 33.9 Å². The van der Waals surface area contributed by atoms with Gasteiger partial charge in [-0.3, -0.25) is 10.00 Å². The predicted molar refractivity (Wildman–Crippen MR) is 70.2 cm³/mol. The van der Waals surface area contributed by atoms with E-state index in [4.69, 9.17) is 4.42 Å². The first-order chi connectivity index (χ1) is 8.63. The second-order valence-electron chi connectivity index (χ2n) is 4.39. The van der Waals surface area contributed by atoms with Crippen LogP contribution < -0.4 is 0 Å². The topological polar surface area (TPSA) is 58.0 Å². The van der Waals surface area contributed by atoms with Crippen LogP contribution in [0.15, 0.2) is 10.5 Å². The standard InChI is InChI=1S/C13H20N4O/c1-5-17(6-2)8-11-7-12(9(3)18-11)13-14-10(4)15-16-13/h7H,5-6,8H2,1-4H3,(H,14,15,16). The Hall–Kier alpha value is -1.62. The summed E-state index contributed by atoms with van der Waals surface area (Å²) in [5, 5.41) is 7.02. The van der Waals surface area contributed by atoms with Gasteiger partial charge in [-0.25, -0.2) is 4.98 Å². The fourth-order valence-electron chi connectivity index (χ4n) is 1.97. The number of furan rings is 1.